The molecule has 0 saturated carbocycles. The molecule has 0 amide bonds. The van der Waals surface area contributed by atoms with Gasteiger partial charge in [0, 0.05) is 19.0 Å². The summed E-state index contributed by atoms with van der Waals surface area (Å²) in [6.45, 7) is 1.10. The zero-order chi connectivity index (χ0) is 11.7. The zero-order valence-electron chi connectivity index (χ0n) is 8.41. The summed E-state index contributed by atoms with van der Waals surface area (Å²) in [4.78, 5) is 11.1. The standard InChI is InChI=1S/C11H11Cl2NO2/c12-9-3-1-2-6(10(9)13)7-4-14-5-8(7)11(15)16/h1-3,7-8,14H,4-5H2,(H,15,16)/t7-,8+/m1/s1. The number of carbonyl (C=O) groups is 1. The monoisotopic (exact) mass is 259 g/mol. The van der Waals surface area contributed by atoms with E-state index in [1.165, 1.54) is 0 Å². The molecule has 1 heterocycles. The molecule has 16 heavy (non-hydrogen) atoms. The Balaban J connectivity index is 2.36. The van der Waals surface area contributed by atoms with E-state index in [-0.39, 0.29) is 5.92 Å². The highest BCUT2D eigenvalue weighted by Gasteiger charge is 2.35. The van der Waals surface area contributed by atoms with Crippen LogP contribution in [0, 0.1) is 5.92 Å². The number of nitrogens with one attached hydrogen (secondary N) is 1. The number of rotatable bonds is 2. The van der Waals surface area contributed by atoms with Crippen LogP contribution in [0.1, 0.15) is 11.5 Å². The first-order valence-electron chi connectivity index (χ1n) is 4.98. The predicted octanol–water partition coefficient (Wildman–Crippen LogP) is 2.38. The van der Waals surface area contributed by atoms with Crippen molar-refractivity contribution in [2.45, 2.75) is 5.92 Å². The minimum Gasteiger partial charge on any atom is -0.481 e. The van der Waals surface area contributed by atoms with Gasteiger partial charge in [-0.15, -0.1) is 0 Å². The summed E-state index contributed by atoms with van der Waals surface area (Å²) in [6.07, 6.45) is 0. The third-order valence-corrected chi connectivity index (χ3v) is 3.75. The Labute approximate surface area is 103 Å². The Morgan fingerprint density at radius 2 is 2.12 bits per heavy atom. The fourth-order valence-electron chi connectivity index (χ4n) is 2.07. The molecular formula is C11H11Cl2NO2. The van der Waals surface area contributed by atoms with Crippen LogP contribution in [0.3, 0.4) is 0 Å². The van der Waals surface area contributed by atoms with E-state index in [9.17, 15) is 4.79 Å². The fourth-order valence-corrected chi connectivity index (χ4v) is 2.52. The number of hydrogen-bond donors (Lipinski definition) is 2. The third kappa shape index (κ3) is 2.03. The molecule has 0 radical (unpaired) electrons. The minimum absolute atomic E-state index is 0.108. The smallest absolute Gasteiger partial charge is 0.308 e. The minimum atomic E-state index is -0.800. The summed E-state index contributed by atoms with van der Waals surface area (Å²) in [5.74, 6) is -1.34. The molecule has 2 atom stereocenters. The summed E-state index contributed by atoms with van der Waals surface area (Å²) >= 11 is 12.0. The SMILES string of the molecule is O=C(O)[C@H]1CNC[C@@H]1c1cccc(Cl)c1Cl. The Morgan fingerprint density at radius 1 is 1.38 bits per heavy atom. The van der Waals surface area contributed by atoms with Crippen molar-refractivity contribution in [3.63, 3.8) is 0 Å². The number of aliphatic carboxylic acids is 1. The van der Waals surface area contributed by atoms with Gasteiger partial charge in [0.15, 0.2) is 0 Å². The molecule has 1 aliphatic heterocycles. The van der Waals surface area contributed by atoms with Gasteiger partial charge in [-0.25, -0.2) is 0 Å². The topological polar surface area (TPSA) is 49.3 Å². The van der Waals surface area contributed by atoms with E-state index >= 15 is 0 Å². The Morgan fingerprint density at radius 3 is 2.81 bits per heavy atom. The van der Waals surface area contributed by atoms with Gasteiger partial charge in [-0.05, 0) is 11.6 Å². The van der Waals surface area contributed by atoms with E-state index in [0.717, 1.165) is 5.56 Å². The molecule has 1 aromatic rings. The molecule has 2 N–H and O–H groups in total. The normalized spacial score (nSPS) is 24.6. The van der Waals surface area contributed by atoms with Gasteiger partial charge in [-0.3, -0.25) is 4.79 Å². The fraction of sp³-hybridized carbons (Fsp3) is 0.364. The molecule has 0 aromatic heterocycles. The molecule has 5 heteroatoms. The Hall–Kier alpha value is -0.770. The highest BCUT2D eigenvalue weighted by atomic mass is 35.5. The maximum absolute atomic E-state index is 11.1. The van der Waals surface area contributed by atoms with Crippen molar-refractivity contribution < 1.29 is 9.90 Å². The average Bonchev–Trinajstić information content (AvgIpc) is 2.70. The maximum Gasteiger partial charge on any atom is 0.308 e. The van der Waals surface area contributed by atoms with Gasteiger partial charge in [-0.2, -0.15) is 0 Å². The number of halogens is 2. The van der Waals surface area contributed by atoms with Crippen LogP contribution in [-0.4, -0.2) is 24.2 Å². The molecule has 1 fully saturated rings. The van der Waals surface area contributed by atoms with Crippen LogP contribution in [0.4, 0.5) is 0 Å². The summed E-state index contributed by atoms with van der Waals surface area (Å²) < 4.78 is 0. The van der Waals surface area contributed by atoms with E-state index in [1.54, 1.807) is 12.1 Å². The third-order valence-electron chi connectivity index (χ3n) is 2.91. The molecule has 2 rings (SSSR count). The van der Waals surface area contributed by atoms with Gasteiger partial charge < -0.3 is 10.4 Å². The second kappa shape index (κ2) is 4.62. The number of carboxylic acids is 1. The average molecular weight is 260 g/mol. The van der Waals surface area contributed by atoms with Gasteiger partial charge in [0.05, 0.1) is 16.0 Å². The van der Waals surface area contributed by atoms with Crippen molar-refractivity contribution in [1.82, 2.24) is 5.32 Å². The molecule has 1 saturated heterocycles. The van der Waals surface area contributed by atoms with Crippen LogP contribution < -0.4 is 5.32 Å². The summed E-state index contributed by atoms with van der Waals surface area (Å²) in [5.41, 5.74) is 0.812. The lowest BCUT2D eigenvalue weighted by molar-refractivity contribution is -0.141. The first-order valence-corrected chi connectivity index (χ1v) is 5.74. The van der Waals surface area contributed by atoms with Crippen molar-refractivity contribution in [2.24, 2.45) is 5.92 Å². The molecule has 0 spiro atoms. The molecule has 0 unspecified atom stereocenters. The van der Waals surface area contributed by atoms with E-state index < -0.39 is 11.9 Å². The van der Waals surface area contributed by atoms with E-state index in [0.29, 0.717) is 23.1 Å². The summed E-state index contributed by atoms with van der Waals surface area (Å²) in [7, 11) is 0. The highest BCUT2D eigenvalue weighted by Crippen LogP contribution is 2.36. The molecule has 86 valence electrons. The van der Waals surface area contributed by atoms with E-state index in [4.69, 9.17) is 28.3 Å². The molecular weight excluding hydrogens is 249 g/mol. The van der Waals surface area contributed by atoms with Crippen LogP contribution >= 0.6 is 23.2 Å². The largest absolute Gasteiger partial charge is 0.481 e. The molecule has 3 nitrogen and oxygen atoms in total. The molecule has 0 aliphatic carbocycles. The number of hydrogen-bond acceptors (Lipinski definition) is 2. The van der Waals surface area contributed by atoms with Gasteiger partial charge in [-0.1, -0.05) is 35.3 Å². The first-order chi connectivity index (χ1) is 7.61. The quantitative estimate of drug-likeness (QED) is 0.858. The van der Waals surface area contributed by atoms with Gasteiger partial charge >= 0.3 is 5.97 Å². The summed E-state index contributed by atoms with van der Waals surface area (Å²) in [6, 6.07) is 5.33. The van der Waals surface area contributed by atoms with Crippen molar-refractivity contribution >= 4 is 29.2 Å². The van der Waals surface area contributed by atoms with Crippen LogP contribution in [0.5, 0.6) is 0 Å². The van der Waals surface area contributed by atoms with Crippen molar-refractivity contribution in [1.29, 1.82) is 0 Å². The second-order valence-electron chi connectivity index (χ2n) is 3.85. The number of benzene rings is 1. The molecule has 0 bridgehead atoms. The van der Waals surface area contributed by atoms with Crippen molar-refractivity contribution in [3.8, 4) is 0 Å². The van der Waals surface area contributed by atoms with Crippen molar-refractivity contribution in [3.05, 3.63) is 33.8 Å². The molecule has 1 aromatic carbocycles. The van der Waals surface area contributed by atoms with E-state index in [1.807, 2.05) is 6.07 Å². The predicted molar refractivity (Wildman–Crippen MR) is 63.2 cm³/mol. The lowest BCUT2D eigenvalue weighted by Gasteiger charge is -2.16. The van der Waals surface area contributed by atoms with E-state index in [2.05, 4.69) is 5.32 Å². The van der Waals surface area contributed by atoms with Gasteiger partial charge in [0.1, 0.15) is 0 Å². The zero-order valence-corrected chi connectivity index (χ0v) is 9.92. The van der Waals surface area contributed by atoms with Crippen LogP contribution in [-0.2, 0) is 4.79 Å². The second-order valence-corrected chi connectivity index (χ2v) is 4.64. The first kappa shape index (κ1) is 11.7. The Kier molecular flexibility index (Phi) is 3.38. The van der Waals surface area contributed by atoms with Gasteiger partial charge in [0.2, 0.25) is 0 Å². The summed E-state index contributed by atoms with van der Waals surface area (Å²) in [5, 5.41) is 13.1. The van der Waals surface area contributed by atoms with Crippen LogP contribution in [0.25, 0.3) is 0 Å². The molecule has 1 aliphatic rings. The van der Waals surface area contributed by atoms with Crippen LogP contribution in [0.15, 0.2) is 18.2 Å². The lowest BCUT2D eigenvalue weighted by Crippen LogP contribution is -2.21. The Bertz CT molecular complexity index is 422. The lowest BCUT2D eigenvalue weighted by atomic mass is 9.89. The highest BCUT2D eigenvalue weighted by molar-refractivity contribution is 6.42. The maximum atomic E-state index is 11.1. The number of carboxylic acid groups (broad SMARTS) is 1. The van der Waals surface area contributed by atoms with Gasteiger partial charge in [0.25, 0.3) is 0 Å². The van der Waals surface area contributed by atoms with Crippen LogP contribution in [0.2, 0.25) is 10.0 Å². The van der Waals surface area contributed by atoms with Crippen molar-refractivity contribution in [2.75, 3.05) is 13.1 Å².